The van der Waals surface area contributed by atoms with E-state index in [0.29, 0.717) is 12.0 Å². The molecule has 0 saturated heterocycles. The lowest BCUT2D eigenvalue weighted by atomic mass is 10.1. The Labute approximate surface area is 99.3 Å². The maximum atomic E-state index is 4.44. The zero-order valence-electron chi connectivity index (χ0n) is 11.0. The molecule has 0 spiro atoms. The summed E-state index contributed by atoms with van der Waals surface area (Å²) in [7, 11) is 0. The van der Waals surface area contributed by atoms with Crippen molar-refractivity contribution >= 4 is 0 Å². The summed E-state index contributed by atoms with van der Waals surface area (Å²) in [6, 6.07) is 0.567. The van der Waals surface area contributed by atoms with Crippen molar-refractivity contribution in [3.8, 4) is 0 Å². The Morgan fingerprint density at radius 2 is 2.12 bits per heavy atom. The molecule has 1 atom stereocenters. The number of nitrogens with zero attached hydrogens (tertiary/aromatic N) is 2. The molecule has 0 amide bonds. The third-order valence-electron chi connectivity index (χ3n) is 2.67. The van der Waals surface area contributed by atoms with Gasteiger partial charge in [0.15, 0.2) is 0 Å². The summed E-state index contributed by atoms with van der Waals surface area (Å²) in [5, 5.41) is 3.47. The Morgan fingerprint density at radius 1 is 1.38 bits per heavy atom. The van der Waals surface area contributed by atoms with Gasteiger partial charge in [0.2, 0.25) is 0 Å². The van der Waals surface area contributed by atoms with Gasteiger partial charge in [0.05, 0.1) is 0 Å². The molecule has 1 unspecified atom stereocenters. The highest BCUT2D eigenvalue weighted by atomic mass is 15.1. The fraction of sp³-hybridized carbons (Fsp3) is 0.769. The molecule has 1 heterocycles. The van der Waals surface area contributed by atoms with E-state index in [1.807, 2.05) is 6.20 Å². The monoisotopic (exact) mass is 223 g/mol. The van der Waals surface area contributed by atoms with Crippen LogP contribution in [0.2, 0.25) is 0 Å². The van der Waals surface area contributed by atoms with Crippen molar-refractivity contribution in [2.24, 2.45) is 5.92 Å². The van der Waals surface area contributed by atoms with Crippen molar-refractivity contribution in [2.45, 2.75) is 53.1 Å². The Balaban J connectivity index is 2.42. The molecule has 0 bridgehead atoms. The molecule has 0 aliphatic carbocycles. The van der Waals surface area contributed by atoms with Crippen LogP contribution in [0.1, 0.15) is 39.9 Å². The Morgan fingerprint density at radius 3 is 2.75 bits per heavy atom. The number of imidazole rings is 1. The quantitative estimate of drug-likeness (QED) is 0.769. The second-order valence-corrected chi connectivity index (χ2v) is 4.91. The highest BCUT2D eigenvalue weighted by molar-refractivity contribution is 4.93. The lowest BCUT2D eigenvalue weighted by Crippen LogP contribution is -2.29. The van der Waals surface area contributed by atoms with E-state index in [-0.39, 0.29) is 0 Å². The van der Waals surface area contributed by atoms with Gasteiger partial charge in [0, 0.05) is 31.4 Å². The third-order valence-corrected chi connectivity index (χ3v) is 2.67. The maximum absolute atomic E-state index is 4.44. The molecule has 0 radical (unpaired) electrons. The molecule has 0 saturated carbocycles. The highest BCUT2D eigenvalue weighted by Gasteiger charge is 2.08. The van der Waals surface area contributed by atoms with Crippen molar-refractivity contribution in [3.63, 3.8) is 0 Å². The fourth-order valence-electron chi connectivity index (χ4n) is 1.80. The first kappa shape index (κ1) is 13.2. The van der Waals surface area contributed by atoms with Crippen LogP contribution >= 0.6 is 0 Å². The molecule has 3 nitrogen and oxygen atoms in total. The summed E-state index contributed by atoms with van der Waals surface area (Å²) in [6.07, 6.45) is 6.23. The van der Waals surface area contributed by atoms with E-state index in [1.54, 1.807) is 0 Å². The summed E-state index contributed by atoms with van der Waals surface area (Å²) in [4.78, 5) is 4.44. The SMILES string of the molecule is CCCn1ccnc1CC(C)CNC(C)C. The molecule has 1 N–H and O–H groups in total. The first-order valence-electron chi connectivity index (χ1n) is 6.36. The zero-order chi connectivity index (χ0) is 12.0. The molecule has 1 aromatic heterocycles. The van der Waals surface area contributed by atoms with Crippen LogP contribution in [0.3, 0.4) is 0 Å². The van der Waals surface area contributed by atoms with Gasteiger partial charge in [0.1, 0.15) is 5.82 Å². The molecule has 1 aromatic rings. The zero-order valence-corrected chi connectivity index (χ0v) is 11.0. The van der Waals surface area contributed by atoms with Gasteiger partial charge in [-0.05, 0) is 18.9 Å². The van der Waals surface area contributed by atoms with E-state index < -0.39 is 0 Å². The van der Waals surface area contributed by atoms with Gasteiger partial charge in [-0.2, -0.15) is 0 Å². The van der Waals surface area contributed by atoms with Crippen LogP contribution in [0.25, 0.3) is 0 Å². The van der Waals surface area contributed by atoms with Crippen molar-refractivity contribution in [1.29, 1.82) is 0 Å². The molecule has 16 heavy (non-hydrogen) atoms. The third kappa shape index (κ3) is 4.35. The van der Waals surface area contributed by atoms with E-state index in [2.05, 4.69) is 48.8 Å². The van der Waals surface area contributed by atoms with Gasteiger partial charge in [-0.15, -0.1) is 0 Å². The van der Waals surface area contributed by atoms with Crippen molar-refractivity contribution in [1.82, 2.24) is 14.9 Å². The topological polar surface area (TPSA) is 29.9 Å². The van der Waals surface area contributed by atoms with Gasteiger partial charge in [-0.25, -0.2) is 4.98 Å². The van der Waals surface area contributed by atoms with Crippen LogP contribution < -0.4 is 5.32 Å². The van der Waals surface area contributed by atoms with Gasteiger partial charge in [0.25, 0.3) is 0 Å². The molecule has 0 aliphatic rings. The molecule has 1 rings (SSSR count). The van der Waals surface area contributed by atoms with Crippen LogP contribution in [0, 0.1) is 5.92 Å². The summed E-state index contributed by atoms with van der Waals surface area (Å²) in [6.45, 7) is 11.0. The lowest BCUT2D eigenvalue weighted by Gasteiger charge is -2.15. The Kier molecular flexibility index (Phi) is 5.53. The number of hydrogen-bond acceptors (Lipinski definition) is 2. The number of rotatable bonds is 7. The average Bonchev–Trinajstić information content (AvgIpc) is 2.63. The van der Waals surface area contributed by atoms with Crippen LogP contribution in [-0.2, 0) is 13.0 Å². The Bertz CT molecular complexity index is 291. The number of hydrogen-bond donors (Lipinski definition) is 1. The van der Waals surface area contributed by atoms with E-state index >= 15 is 0 Å². The van der Waals surface area contributed by atoms with Gasteiger partial charge in [-0.3, -0.25) is 0 Å². The summed E-state index contributed by atoms with van der Waals surface area (Å²) < 4.78 is 2.27. The smallest absolute Gasteiger partial charge is 0.108 e. The van der Waals surface area contributed by atoms with Gasteiger partial charge < -0.3 is 9.88 Å². The summed E-state index contributed by atoms with van der Waals surface area (Å²) in [5.74, 6) is 1.86. The van der Waals surface area contributed by atoms with E-state index in [9.17, 15) is 0 Å². The Hall–Kier alpha value is -0.830. The van der Waals surface area contributed by atoms with Crippen molar-refractivity contribution in [2.75, 3.05) is 6.54 Å². The predicted molar refractivity (Wildman–Crippen MR) is 68.5 cm³/mol. The predicted octanol–water partition coefficient (Wildman–Crippen LogP) is 2.47. The normalized spacial score (nSPS) is 13.3. The van der Waals surface area contributed by atoms with Crippen LogP contribution in [-0.4, -0.2) is 22.1 Å². The summed E-state index contributed by atoms with van der Waals surface area (Å²) >= 11 is 0. The minimum absolute atomic E-state index is 0.567. The van der Waals surface area contributed by atoms with E-state index in [4.69, 9.17) is 0 Å². The van der Waals surface area contributed by atoms with Crippen molar-refractivity contribution in [3.05, 3.63) is 18.2 Å². The average molecular weight is 223 g/mol. The molecule has 0 aliphatic heterocycles. The minimum Gasteiger partial charge on any atom is -0.335 e. The van der Waals surface area contributed by atoms with Gasteiger partial charge >= 0.3 is 0 Å². The molecule has 92 valence electrons. The molecular weight excluding hydrogens is 198 g/mol. The van der Waals surface area contributed by atoms with Crippen LogP contribution in [0.4, 0.5) is 0 Å². The highest BCUT2D eigenvalue weighted by Crippen LogP contribution is 2.07. The molecular formula is C13H25N3. The molecule has 0 fully saturated rings. The van der Waals surface area contributed by atoms with E-state index in [0.717, 1.165) is 19.5 Å². The minimum atomic E-state index is 0.567. The largest absolute Gasteiger partial charge is 0.335 e. The summed E-state index contributed by atoms with van der Waals surface area (Å²) in [5.41, 5.74) is 0. The van der Waals surface area contributed by atoms with Crippen LogP contribution in [0.15, 0.2) is 12.4 Å². The maximum Gasteiger partial charge on any atom is 0.108 e. The second kappa shape index (κ2) is 6.69. The van der Waals surface area contributed by atoms with Crippen LogP contribution in [0.5, 0.6) is 0 Å². The first-order valence-corrected chi connectivity index (χ1v) is 6.36. The number of nitrogens with one attached hydrogen (secondary N) is 1. The molecule has 0 aromatic carbocycles. The molecule has 3 heteroatoms. The lowest BCUT2D eigenvalue weighted by molar-refractivity contribution is 0.459. The number of aryl methyl sites for hydroxylation is 1. The number of aromatic nitrogens is 2. The fourth-order valence-corrected chi connectivity index (χ4v) is 1.80. The standard InChI is InChI=1S/C13H25N3/c1-5-7-16-8-6-14-13(16)9-12(4)10-15-11(2)3/h6,8,11-12,15H,5,7,9-10H2,1-4H3. The van der Waals surface area contributed by atoms with Gasteiger partial charge in [-0.1, -0.05) is 27.7 Å². The van der Waals surface area contributed by atoms with E-state index in [1.165, 1.54) is 12.2 Å². The second-order valence-electron chi connectivity index (χ2n) is 4.91. The first-order chi connectivity index (χ1) is 7.63. The van der Waals surface area contributed by atoms with Crippen molar-refractivity contribution < 1.29 is 0 Å².